The zero-order valence-corrected chi connectivity index (χ0v) is 20.8. The quantitative estimate of drug-likeness (QED) is 0.458. The second kappa shape index (κ2) is 11.9. The van der Waals surface area contributed by atoms with Crippen molar-refractivity contribution in [3.8, 4) is 0 Å². The topological polar surface area (TPSA) is 45.6 Å². The van der Waals surface area contributed by atoms with E-state index in [9.17, 15) is 14.0 Å². The maximum atomic E-state index is 12.8. The molecule has 5 nitrogen and oxygen atoms in total. The third-order valence-electron chi connectivity index (χ3n) is 6.72. The molecule has 0 unspecified atom stereocenters. The van der Waals surface area contributed by atoms with Crippen LogP contribution in [0.25, 0.3) is 10.9 Å². The lowest BCUT2D eigenvalue weighted by atomic mass is 9.89. The van der Waals surface area contributed by atoms with Crippen LogP contribution in [0.1, 0.15) is 54.3 Å². The lowest BCUT2D eigenvalue weighted by Gasteiger charge is -2.30. The van der Waals surface area contributed by atoms with Crippen LogP contribution in [0.15, 0.2) is 54.7 Å². The van der Waals surface area contributed by atoms with Gasteiger partial charge in [-0.2, -0.15) is 0 Å². The smallest absolute Gasteiger partial charge is 0.253 e. The van der Waals surface area contributed by atoms with Gasteiger partial charge in [-0.3, -0.25) is 9.59 Å². The molecule has 1 aliphatic heterocycles. The Labute approximate surface area is 202 Å². The van der Waals surface area contributed by atoms with Crippen molar-refractivity contribution in [2.45, 2.75) is 33.6 Å². The lowest BCUT2D eigenvalue weighted by molar-refractivity contribution is 0.0772. The molecule has 0 atom stereocenters. The number of benzene rings is 2. The Kier molecular flexibility index (Phi) is 8.99. The van der Waals surface area contributed by atoms with Gasteiger partial charge in [0.15, 0.2) is 5.78 Å². The van der Waals surface area contributed by atoms with Crippen LogP contribution in [0.2, 0.25) is 0 Å². The zero-order chi connectivity index (χ0) is 24.7. The van der Waals surface area contributed by atoms with Crippen LogP contribution in [0, 0.1) is 11.7 Å². The highest BCUT2D eigenvalue weighted by atomic mass is 19.1. The fourth-order valence-corrected chi connectivity index (χ4v) is 4.47. The minimum atomic E-state index is -0.289. The van der Waals surface area contributed by atoms with Gasteiger partial charge in [-0.05, 0) is 94.9 Å². The van der Waals surface area contributed by atoms with E-state index in [0.29, 0.717) is 5.56 Å². The van der Waals surface area contributed by atoms with E-state index in [-0.39, 0.29) is 23.4 Å². The molecule has 6 heteroatoms. The van der Waals surface area contributed by atoms with E-state index >= 15 is 0 Å². The fraction of sp³-hybridized carbons (Fsp3) is 0.429. The van der Waals surface area contributed by atoms with Crippen LogP contribution in [-0.4, -0.2) is 58.8 Å². The lowest BCUT2D eigenvalue weighted by Crippen LogP contribution is -2.36. The molecule has 0 spiro atoms. The van der Waals surface area contributed by atoms with Gasteiger partial charge in [0.25, 0.3) is 5.91 Å². The van der Waals surface area contributed by atoms with Gasteiger partial charge in [0.05, 0.1) is 0 Å². The highest BCUT2D eigenvalue weighted by Crippen LogP contribution is 2.22. The van der Waals surface area contributed by atoms with Gasteiger partial charge >= 0.3 is 0 Å². The first-order valence-electron chi connectivity index (χ1n) is 12.2. The van der Waals surface area contributed by atoms with Gasteiger partial charge in [0.2, 0.25) is 0 Å². The first-order valence-corrected chi connectivity index (χ1v) is 12.2. The Bertz CT molecular complexity index is 1090. The normalized spacial score (nSPS) is 14.5. The summed E-state index contributed by atoms with van der Waals surface area (Å²) in [7, 11) is 2.01. The van der Waals surface area contributed by atoms with E-state index in [1.165, 1.54) is 12.1 Å². The minimum absolute atomic E-state index is 0.112. The molecule has 0 radical (unpaired) electrons. The van der Waals surface area contributed by atoms with E-state index < -0.39 is 0 Å². The summed E-state index contributed by atoms with van der Waals surface area (Å²) in [6.07, 6.45) is 3.85. The number of ketones is 1. The van der Waals surface area contributed by atoms with E-state index in [1.54, 1.807) is 12.1 Å². The van der Waals surface area contributed by atoms with Gasteiger partial charge < -0.3 is 14.4 Å². The first-order chi connectivity index (χ1) is 16.4. The summed E-state index contributed by atoms with van der Waals surface area (Å²) in [4.78, 5) is 28.5. The van der Waals surface area contributed by atoms with E-state index in [1.807, 2.05) is 56.3 Å². The molecule has 1 aliphatic rings. The molecule has 0 bridgehead atoms. The van der Waals surface area contributed by atoms with Gasteiger partial charge in [0, 0.05) is 54.3 Å². The van der Waals surface area contributed by atoms with Crippen molar-refractivity contribution in [1.29, 1.82) is 0 Å². The molecular weight excluding hydrogens is 429 g/mol. The number of hydrogen-bond donors (Lipinski definition) is 0. The highest BCUT2D eigenvalue weighted by Gasteiger charge is 2.25. The van der Waals surface area contributed by atoms with Crippen LogP contribution < -0.4 is 0 Å². The van der Waals surface area contributed by atoms with Gasteiger partial charge in [0.1, 0.15) is 5.82 Å². The summed E-state index contributed by atoms with van der Waals surface area (Å²) in [5, 5.41) is 1.12. The number of fused-ring (bicyclic) bond motifs is 1. The standard InChI is InChI=1S/C14H18FNO.C14H18N2O/c1-2-16-9-7-12(8-10-16)14(17)11-3-5-13(15)6-4-11;1-4-16(5-2)14(17)12-6-7-13-11(10-12)8-9-15(13)3/h3-6,12H,2,7-10H2,1H3;6-10H,4-5H2,1-3H3. The number of hydrogen-bond acceptors (Lipinski definition) is 3. The first kappa shape index (κ1) is 25.6. The van der Waals surface area contributed by atoms with Crippen LogP contribution in [-0.2, 0) is 7.05 Å². The third-order valence-corrected chi connectivity index (χ3v) is 6.72. The summed E-state index contributed by atoms with van der Waals surface area (Å²) >= 11 is 0. The SMILES string of the molecule is CCN(CC)C(=O)c1ccc2c(ccn2C)c1.CCN1CCC(C(=O)c2ccc(F)cc2)CC1. The zero-order valence-electron chi connectivity index (χ0n) is 20.8. The summed E-state index contributed by atoms with van der Waals surface area (Å²) in [5.74, 6) is 0.104. The summed E-state index contributed by atoms with van der Waals surface area (Å²) in [6, 6.07) is 13.8. The van der Waals surface area contributed by atoms with Crippen molar-refractivity contribution >= 4 is 22.6 Å². The second-order valence-electron chi connectivity index (χ2n) is 8.76. The van der Waals surface area contributed by atoms with E-state index in [4.69, 9.17) is 0 Å². The van der Waals surface area contributed by atoms with Crippen molar-refractivity contribution in [3.63, 3.8) is 0 Å². The number of rotatable bonds is 6. The Balaban J connectivity index is 0.000000191. The average molecular weight is 466 g/mol. The Morgan fingerprint density at radius 1 is 0.941 bits per heavy atom. The number of aromatic nitrogens is 1. The highest BCUT2D eigenvalue weighted by molar-refractivity contribution is 5.98. The molecular formula is C28H36FN3O2. The van der Waals surface area contributed by atoms with Crippen LogP contribution in [0.5, 0.6) is 0 Å². The largest absolute Gasteiger partial charge is 0.351 e. The Morgan fingerprint density at radius 2 is 1.56 bits per heavy atom. The molecule has 4 rings (SSSR count). The Morgan fingerprint density at radius 3 is 2.15 bits per heavy atom. The Hall–Kier alpha value is -2.99. The third kappa shape index (κ3) is 6.11. The molecule has 2 heterocycles. The molecule has 1 amide bonds. The number of amides is 1. The number of halogens is 1. The number of aryl methyl sites for hydroxylation is 1. The fourth-order valence-electron chi connectivity index (χ4n) is 4.47. The molecule has 0 aliphatic carbocycles. The molecule has 3 aromatic rings. The molecule has 1 aromatic heterocycles. The van der Waals surface area contributed by atoms with Crippen LogP contribution in [0.3, 0.4) is 0 Å². The van der Waals surface area contributed by atoms with Crippen molar-refractivity contribution in [1.82, 2.24) is 14.4 Å². The molecule has 1 saturated heterocycles. The number of nitrogens with zero attached hydrogens (tertiary/aromatic N) is 3. The maximum Gasteiger partial charge on any atom is 0.253 e. The number of carbonyl (C=O) groups is 2. The summed E-state index contributed by atoms with van der Waals surface area (Å²) < 4.78 is 14.8. The van der Waals surface area contributed by atoms with Crippen LogP contribution >= 0.6 is 0 Å². The molecule has 182 valence electrons. The molecule has 34 heavy (non-hydrogen) atoms. The van der Waals surface area contributed by atoms with Crippen molar-refractivity contribution in [3.05, 3.63) is 71.7 Å². The predicted octanol–water partition coefficient (Wildman–Crippen LogP) is 5.40. The monoisotopic (exact) mass is 465 g/mol. The molecule has 2 aromatic carbocycles. The van der Waals surface area contributed by atoms with Gasteiger partial charge in [-0.15, -0.1) is 0 Å². The maximum absolute atomic E-state index is 12.8. The van der Waals surface area contributed by atoms with Gasteiger partial charge in [-0.25, -0.2) is 4.39 Å². The van der Waals surface area contributed by atoms with Gasteiger partial charge in [-0.1, -0.05) is 6.92 Å². The molecule has 1 fully saturated rings. The molecule has 0 N–H and O–H groups in total. The minimum Gasteiger partial charge on any atom is -0.351 e. The number of carbonyl (C=O) groups excluding carboxylic acids is 2. The summed E-state index contributed by atoms with van der Waals surface area (Å²) in [6.45, 7) is 10.7. The van der Waals surface area contributed by atoms with E-state index in [2.05, 4.69) is 16.4 Å². The number of Topliss-reactive ketones (excluding diaryl/α,β-unsaturated/α-hetero) is 1. The van der Waals surface area contributed by atoms with Crippen molar-refractivity contribution in [2.75, 3.05) is 32.7 Å². The van der Waals surface area contributed by atoms with Crippen molar-refractivity contribution < 1.29 is 14.0 Å². The van der Waals surface area contributed by atoms with E-state index in [0.717, 1.165) is 62.0 Å². The predicted molar refractivity (Wildman–Crippen MR) is 136 cm³/mol. The van der Waals surface area contributed by atoms with Crippen LogP contribution in [0.4, 0.5) is 4.39 Å². The number of piperidine rings is 1. The summed E-state index contributed by atoms with van der Waals surface area (Å²) in [5.41, 5.74) is 2.56. The number of likely N-dealkylation sites (tertiary alicyclic amines) is 1. The average Bonchev–Trinajstić information content (AvgIpc) is 3.25. The van der Waals surface area contributed by atoms with Crippen molar-refractivity contribution in [2.24, 2.45) is 13.0 Å². The second-order valence-corrected chi connectivity index (χ2v) is 8.76. The molecule has 0 saturated carbocycles.